The van der Waals surface area contributed by atoms with Gasteiger partial charge in [-0.15, -0.1) is 0 Å². The zero-order valence-corrected chi connectivity index (χ0v) is 17.4. The number of aromatic nitrogens is 3. The van der Waals surface area contributed by atoms with E-state index in [2.05, 4.69) is 56.4 Å². The number of hydrogen-bond acceptors (Lipinski definition) is 5. The molecule has 5 rings (SSSR count). The summed E-state index contributed by atoms with van der Waals surface area (Å²) in [6.45, 7) is 0. The number of hydrogen-bond donors (Lipinski definition) is 2. The van der Waals surface area contributed by atoms with Crippen molar-refractivity contribution in [1.29, 1.82) is 0 Å². The van der Waals surface area contributed by atoms with Gasteiger partial charge in [0, 0.05) is 17.6 Å². The molecule has 0 amide bonds. The van der Waals surface area contributed by atoms with Gasteiger partial charge < -0.3 is 9.88 Å². The summed E-state index contributed by atoms with van der Waals surface area (Å²) in [7, 11) is -3.57. The molecule has 1 saturated carbocycles. The summed E-state index contributed by atoms with van der Waals surface area (Å²) in [6, 6.07) is 11.2. The highest BCUT2D eigenvalue weighted by atomic mass is 32.2. The minimum atomic E-state index is -3.57. The predicted molar refractivity (Wildman–Crippen MR) is 117 cm³/mol. The molecule has 0 radical (unpaired) electrons. The highest BCUT2D eigenvalue weighted by Crippen LogP contribution is 2.39. The van der Waals surface area contributed by atoms with Gasteiger partial charge in [-0.1, -0.05) is 30.3 Å². The van der Waals surface area contributed by atoms with Crippen LogP contribution in [0.1, 0.15) is 48.9 Å². The Balaban J connectivity index is 1.38. The molecule has 0 saturated heterocycles. The Kier molecular flexibility index (Phi) is 4.83. The van der Waals surface area contributed by atoms with Gasteiger partial charge >= 0.3 is 0 Å². The second-order valence-corrected chi connectivity index (χ2v) is 9.71. The summed E-state index contributed by atoms with van der Waals surface area (Å²) >= 11 is 0. The van der Waals surface area contributed by atoms with Crippen molar-refractivity contribution in [3.63, 3.8) is 0 Å². The maximum atomic E-state index is 11.2. The molecule has 1 unspecified atom stereocenters. The molecule has 3 N–H and O–H groups in total. The van der Waals surface area contributed by atoms with Crippen LogP contribution in [0.2, 0.25) is 0 Å². The fraction of sp³-hybridized carbons (Fsp3) is 0.364. The summed E-state index contributed by atoms with van der Waals surface area (Å²) in [6.07, 6.45) is 10.3. The van der Waals surface area contributed by atoms with Crippen molar-refractivity contribution in [1.82, 2.24) is 14.5 Å². The average Bonchev–Trinajstić information content (AvgIpc) is 3.44. The number of nitrogens with one attached hydrogen (secondary N) is 1. The van der Waals surface area contributed by atoms with Crippen LogP contribution in [0.25, 0.3) is 11.0 Å². The maximum absolute atomic E-state index is 11.2. The van der Waals surface area contributed by atoms with E-state index < -0.39 is 10.0 Å². The number of primary sulfonamides is 1. The van der Waals surface area contributed by atoms with Crippen molar-refractivity contribution in [3.05, 3.63) is 65.5 Å². The van der Waals surface area contributed by atoms with Crippen LogP contribution in [0.5, 0.6) is 0 Å². The molecule has 0 bridgehead atoms. The van der Waals surface area contributed by atoms with Crippen LogP contribution in [0, 0.1) is 5.92 Å². The first-order chi connectivity index (χ1) is 14.5. The van der Waals surface area contributed by atoms with E-state index in [-0.39, 0.29) is 18.0 Å². The maximum Gasteiger partial charge on any atom is 0.230 e. The third kappa shape index (κ3) is 3.73. The first kappa shape index (κ1) is 19.3. The van der Waals surface area contributed by atoms with Crippen LogP contribution in [0.3, 0.4) is 0 Å². The van der Waals surface area contributed by atoms with Crippen molar-refractivity contribution in [2.75, 3.05) is 5.32 Å². The summed E-state index contributed by atoms with van der Waals surface area (Å²) in [4.78, 5) is 9.08. The van der Waals surface area contributed by atoms with Crippen LogP contribution >= 0.6 is 0 Å². The Bertz CT molecular complexity index is 1220. The zero-order chi connectivity index (χ0) is 20.7. The molecule has 8 heteroatoms. The fourth-order valence-corrected chi connectivity index (χ4v) is 5.33. The lowest BCUT2D eigenvalue weighted by molar-refractivity contribution is 0.518. The largest absolute Gasteiger partial charge is 0.363 e. The monoisotopic (exact) mass is 423 g/mol. The van der Waals surface area contributed by atoms with E-state index in [9.17, 15) is 8.42 Å². The van der Waals surface area contributed by atoms with Gasteiger partial charge in [-0.2, -0.15) is 0 Å². The number of allylic oxidation sites excluding steroid dienone is 1. The van der Waals surface area contributed by atoms with Crippen LogP contribution in [0.15, 0.2) is 54.3 Å². The molecule has 0 spiro atoms. The molecule has 3 aromatic rings. The van der Waals surface area contributed by atoms with Gasteiger partial charge in [-0.05, 0) is 55.2 Å². The third-order valence-electron chi connectivity index (χ3n) is 6.33. The summed E-state index contributed by atoms with van der Waals surface area (Å²) in [5.74, 6) is 1.07. The van der Waals surface area contributed by atoms with Crippen LogP contribution in [-0.4, -0.2) is 23.0 Å². The van der Waals surface area contributed by atoms with E-state index in [1.165, 1.54) is 11.1 Å². The van der Waals surface area contributed by atoms with Crippen molar-refractivity contribution < 1.29 is 8.42 Å². The van der Waals surface area contributed by atoms with E-state index >= 15 is 0 Å². The molecular weight excluding hydrogens is 398 g/mol. The number of nitrogens with zero attached hydrogens (tertiary/aromatic N) is 3. The zero-order valence-electron chi connectivity index (χ0n) is 16.6. The van der Waals surface area contributed by atoms with Gasteiger partial charge in [0.15, 0.2) is 0 Å². The van der Waals surface area contributed by atoms with Crippen LogP contribution in [0.4, 0.5) is 5.82 Å². The molecule has 2 aliphatic carbocycles. The molecule has 2 aromatic heterocycles. The van der Waals surface area contributed by atoms with Crippen molar-refractivity contribution >= 4 is 26.9 Å². The summed E-state index contributed by atoms with van der Waals surface area (Å²) < 4.78 is 24.6. The molecular formula is C22H25N5O2S. The Hall–Kier alpha value is -2.71. The van der Waals surface area contributed by atoms with Crippen molar-refractivity contribution in [3.8, 4) is 0 Å². The number of fused-ring (bicyclic) bond motifs is 2. The van der Waals surface area contributed by atoms with Gasteiger partial charge in [0.25, 0.3) is 0 Å². The molecule has 3 atom stereocenters. The number of nitrogens with two attached hydrogens (primary N) is 1. The lowest BCUT2D eigenvalue weighted by Gasteiger charge is -2.16. The molecule has 7 nitrogen and oxygen atoms in total. The second kappa shape index (κ2) is 7.52. The Morgan fingerprint density at radius 3 is 2.87 bits per heavy atom. The Labute approximate surface area is 176 Å². The minimum absolute atomic E-state index is 0.209. The Morgan fingerprint density at radius 1 is 1.13 bits per heavy atom. The minimum Gasteiger partial charge on any atom is -0.363 e. The normalized spacial score (nSPS) is 24.0. The van der Waals surface area contributed by atoms with Gasteiger partial charge in [0.1, 0.15) is 17.8 Å². The van der Waals surface area contributed by atoms with E-state index in [0.29, 0.717) is 0 Å². The highest BCUT2D eigenvalue weighted by molar-refractivity contribution is 7.92. The third-order valence-corrected chi connectivity index (χ3v) is 6.87. The Morgan fingerprint density at radius 2 is 2.00 bits per heavy atom. The number of sulfonamides is 1. The lowest BCUT2D eigenvalue weighted by Crippen LogP contribution is -2.10. The van der Waals surface area contributed by atoms with Crippen LogP contribution in [-0.2, 0) is 16.4 Å². The predicted octanol–water partition coefficient (Wildman–Crippen LogP) is 3.67. The molecule has 1 aromatic carbocycles. The molecule has 156 valence electrons. The molecule has 1 fully saturated rings. The van der Waals surface area contributed by atoms with Crippen molar-refractivity contribution in [2.45, 2.75) is 44.2 Å². The van der Waals surface area contributed by atoms with E-state index in [4.69, 9.17) is 5.14 Å². The smallest absolute Gasteiger partial charge is 0.230 e. The standard InChI is InChI=1S/C22H25N5O2S/c23-30(28,29)12-10-15-5-7-17(13-15)27-11-9-19-21(24-14-25-22(19)27)26-20-8-6-16-3-1-2-4-18(16)20/h1-4,9-12,14-15,17,20H,5-8,13H2,(H2,23,28,29)(H,24,25,26)/b12-10+/t15-,17+,20?/m1/s1. The number of benzene rings is 1. The van der Waals surface area contributed by atoms with Crippen LogP contribution < -0.4 is 10.5 Å². The van der Waals surface area contributed by atoms with Gasteiger partial charge in [0.05, 0.1) is 11.4 Å². The second-order valence-electron chi connectivity index (χ2n) is 8.26. The van der Waals surface area contributed by atoms with E-state index in [1.807, 2.05) is 0 Å². The molecule has 30 heavy (non-hydrogen) atoms. The number of anilines is 1. The van der Waals surface area contributed by atoms with Gasteiger partial charge in [-0.25, -0.2) is 23.5 Å². The summed E-state index contributed by atoms with van der Waals surface area (Å²) in [5, 5.41) is 10.9. The van der Waals surface area contributed by atoms with Gasteiger partial charge in [0.2, 0.25) is 10.0 Å². The molecule has 2 heterocycles. The lowest BCUT2D eigenvalue weighted by atomic mass is 10.1. The molecule has 0 aliphatic heterocycles. The summed E-state index contributed by atoms with van der Waals surface area (Å²) in [5.41, 5.74) is 3.67. The van der Waals surface area contributed by atoms with Crippen molar-refractivity contribution in [2.24, 2.45) is 11.1 Å². The van der Waals surface area contributed by atoms with Gasteiger partial charge in [-0.3, -0.25) is 0 Å². The SMILES string of the molecule is NS(=O)(=O)/C=C/[C@H]1CC[C@H](n2ccc3c(NC4CCc5ccccc54)ncnc32)C1. The van der Waals surface area contributed by atoms with E-state index in [0.717, 1.165) is 54.4 Å². The average molecular weight is 424 g/mol. The topological polar surface area (TPSA) is 103 Å². The van der Waals surface area contributed by atoms with E-state index in [1.54, 1.807) is 12.4 Å². The first-order valence-electron chi connectivity index (χ1n) is 10.3. The number of aryl methyl sites for hydroxylation is 1. The highest BCUT2D eigenvalue weighted by Gasteiger charge is 2.27. The number of rotatable bonds is 5. The molecule has 2 aliphatic rings. The fourth-order valence-electron chi connectivity index (χ4n) is 4.89. The first-order valence-corrected chi connectivity index (χ1v) is 12.0. The quantitative estimate of drug-likeness (QED) is 0.652.